The first-order valence-electron chi connectivity index (χ1n) is 8.08. The SMILES string of the molecule is Cc1ccc(-c2nc3c(nc2-c2ccccc2)CCCN3)cc1. The van der Waals surface area contributed by atoms with Crippen LogP contribution in [0.3, 0.4) is 0 Å². The number of aromatic nitrogens is 2. The molecule has 0 fully saturated rings. The van der Waals surface area contributed by atoms with Crippen LogP contribution in [-0.4, -0.2) is 16.5 Å². The van der Waals surface area contributed by atoms with Gasteiger partial charge < -0.3 is 5.32 Å². The highest BCUT2D eigenvalue weighted by Gasteiger charge is 2.18. The summed E-state index contributed by atoms with van der Waals surface area (Å²) in [6, 6.07) is 18.8. The van der Waals surface area contributed by atoms with Gasteiger partial charge in [0.1, 0.15) is 5.82 Å². The van der Waals surface area contributed by atoms with Crippen molar-refractivity contribution >= 4 is 5.82 Å². The molecular weight excluding hydrogens is 282 g/mol. The third-order valence-corrected chi connectivity index (χ3v) is 4.22. The minimum absolute atomic E-state index is 0.937. The van der Waals surface area contributed by atoms with E-state index in [1.807, 2.05) is 18.2 Å². The van der Waals surface area contributed by atoms with E-state index in [0.29, 0.717) is 0 Å². The molecule has 3 aromatic rings. The third kappa shape index (κ3) is 2.70. The first-order valence-corrected chi connectivity index (χ1v) is 8.08. The topological polar surface area (TPSA) is 37.8 Å². The summed E-state index contributed by atoms with van der Waals surface area (Å²) in [6.07, 6.45) is 2.10. The second-order valence-electron chi connectivity index (χ2n) is 5.98. The summed E-state index contributed by atoms with van der Waals surface area (Å²) < 4.78 is 0. The van der Waals surface area contributed by atoms with E-state index >= 15 is 0 Å². The molecule has 0 spiro atoms. The van der Waals surface area contributed by atoms with Crippen LogP contribution in [0.25, 0.3) is 22.5 Å². The highest BCUT2D eigenvalue weighted by molar-refractivity contribution is 5.79. The summed E-state index contributed by atoms with van der Waals surface area (Å²) in [4.78, 5) is 9.87. The summed E-state index contributed by atoms with van der Waals surface area (Å²) in [7, 11) is 0. The Morgan fingerprint density at radius 2 is 1.52 bits per heavy atom. The summed E-state index contributed by atoms with van der Waals surface area (Å²) in [5, 5.41) is 3.39. The van der Waals surface area contributed by atoms with Gasteiger partial charge >= 0.3 is 0 Å². The molecule has 0 aliphatic carbocycles. The highest BCUT2D eigenvalue weighted by Crippen LogP contribution is 2.32. The van der Waals surface area contributed by atoms with E-state index in [-0.39, 0.29) is 0 Å². The number of rotatable bonds is 2. The van der Waals surface area contributed by atoms with E-state index in [9.17, 15) is 0 Å². The number of nitrogens with zero attached hydrogens (tertiary/aromatic N) is 2. The molecule has 0 atom stereocenters. The van der Waals surface area contributed by atoms with Crippen molar-refractivity contribution in [1.82, 2.24) is 9.97 Å². The molecule has 1 aliphatic rings. The lowest BCUT2D eigenvalue weighted by atomic mass is 10.0. The number of fused-ring (bicyclic) bond motifs is 1. The van der Waals surface area contributed by atoms with E-state index < -0.39 is 0 Å². The molecule has 3 nitrogen and oxygen atoms in total. The van der Waals surface area contributed by atoms with Crippen molar-refractivity contribution in [3.8, 4) is 22.5 Å². The van der Waals surface area contributed by atoms with E-state index in [1.54, 1.807) is 0 Å². The van der Waals surface area contributed by atoms with Crippen LogP contribution in [0.15, 0.2) is 54.6 Å². The Labute approximate surface area is 136 Å². The molecule has 1 aliphatic heterocycles. The van der Waals surface area contributed by atoms with Gasteiger partial charge in [0.05, 0.1) is 17.1 Å². The molecule has 0 unspecified atom stereocenters. The van der Waals surface area contributed by atoms with E-state index in [4.69, 9.17) is 9.97 Å². The van der Waals surface area contributed by atoms with Crippen LogP contribution in [0.2, 0.25) is 0 Å². The number of nitrogens with one attached hydrogen (secondary N) is 1. The Morgan fingerprint density at radius 3 is 2.30 bits per heavy atom. The zero-order chi connectivity index (χ0) is 15.6. The molecule has 3 heteroatoms. The maximum Gasteiger partial charge on any atom is 0.148 e. The van der Waals surface area contributed by atoms with Gasteiger partial charge in [-0.15, -0.1) is 0 Å². The Bertz CT molecular complexity index is 824. The van der Waals surface area contributed by atoms with Crippen molar-refractivity contribution < 1.29 is 0 Å². The molecule has 2 aromatic carbocycles. The fourth-order valence-electron chi connectivity index (χ4n) is 2.96. The lowest BCUT2D eigenvalue weighted by Crippen LogP contribution is -2.16. The average Bonchev–Trinajstić information content (AvgIpc) is 2.62. The lowest BCUT2D eigenvalue weighted by molar-refractivity contribution is 0.790. The standard InChI is InChI=1S/C20H19N3/c1-14-9-11-16(12-10-14)19-18(15-6-3-2-4-7-15)22-17-8-5-13-21-20(17)23-19/h2-4,6-7,9-12H,5,8,13H2,1H3,(H,21,23). The summed E-state index contributed by atoms with van der Waals surface area (Å²) in [5.41, 5.74) is 6.47. The molecule has 0 amide bonds. The Kier molecular flexibility index (Phi) is 3.54. The molecule has 0 radical (unpaired) electrons. The first-order chi connectivity index (χ1) is 11.3. The van der Waals surface area contributed by atoms with E-state index in [0.717, 1.165) is 53.4 Å². The number of hydrogen-bond donors (Lipinski definition) is 1. The number of aryl methyl sites for hydroxylation is 2. The second-order valence-corrected chi connectivity index (χ2v) is 5.98. The second kappa shape index (κ2) is 5.84. The molecule has 2 heterocycles. The monoisotopic (exact) mass is 301 g/mol. The van der Waals surface area contributed by atoms with Crippen LogP contribution >= 0.6 is 0 Å². The molecule has 1 N–H and O–H groups in total. The van der Waals surface area contributed by atoms with E-state index in [1.165, 1.54) is 5.56 Å². The predicted octanol–water partition coefficient (Wildman–Crippen LogP) is 4.48. The van der Waals surface area contributed by atoms with Crippen molar-refractivity contribution in [2.24, 2.45) is 0 Å². The molecule has 4 rings (SSSR count). The Balaban J connectivity index is 1.93. The molecule has 1 aromatic heterocycles. The van der Waals surface area contributed by atoms with Gasteiger partial charge in [0.25, 0.3) is 0 Å². The maximum atomic E-state index is 4.96. The molecule has 114 valence electrons. The fourth-order valence-corrected chi connectivity index (χ4v) is 2.96. The Hall–Kier alpha value is -2.68. The van der Waals surface area contributed by atoms with Gasteiger partial charge in [0.2, 0.25) is 0 Å². The van der Waals surface area contributed by atoms with Gasteiger partial charge in [-0.3, -0.25) is 0 Å². The average molecular weight is 301 g/mol. The van der Waals surface area contributed by atoms with Crippen LogP contribution in [0.4, 0.5) is 5.82 Å². The van der Waals surface area contributed by atoms with Gasteiger partial charge in [-0.25, -0.2) is 9.97 Å². The number of anilines is 1. The Morgan fingerprint density at radius 1 is 0.826 bits per heavy atom. The number of benzene rings is 2. The minimum Gasteiger partial charge on any atom is -0.369 e. The molecule has 0 bridgehead atoms. The van der Waals surface area contributed by atoms with Crippen molar-refractivity contribution in [1.29, 1.82) is 0 Å². The molecular formula is C20H19N3. The van der Waals surface area contributed by atoms with Gasteiger partial charge in [0, 0.05) is 17.7 Å². The first kappa shape index (κ1) is 13.9. The fraction of sp³-hybridized carbons (Fsp3) is 0.200. The zero-order valence-electron chi connectivity index (χ0n) is 13.2. The van der Waals surface area contributed by atoms with Gasteiger partial charge in [-0.1, -0.05) is 60.2 Å². The van der Waals surface area contributed by atoms with Crippen LogP contribution in [0.1, 0.15) is 17.7 Å². The van der Waals surface area contributed by atoms with Crippen molar-refractivity contribution in [3.63, 3.8) is 0 Å². The molecule has 0 saturated heterocycles. The highest BCUT2D eigenvalue weighted by atomic mass is 15.0. The summed E-state index contributed by atoms with van der Waals surface area (Å²) in [5.74, 6) is 0.937. The van der Waals surface area contributed by atoms with Crippen LogP contribution in [0, 0.1) is 6.92 Å². The quantitative estimate of drug-likeness (QED) is 0.758. The predicted molar refractivity (Wildman–Crippen MR) is 94.5 cm³/mol. The smallest absolute Gasteiger partial charge is 0.148 e. The van der Waals surface area contributed by atoms with Crippen LogP contribution in [-0.2, 0) is 6.42 Å². The molecule has 0 saturated carbocycles. The zero-order valence-corrected chi connectivity index (χ0v) is 13.2. The van der Waals surface area contributed by atoms with Gasteiger partial charge in [-0.05, 0) is 19.8 Å². The molecule has 23 heavy (non-hydrogen) atoms. The van der Waals surface area contributed by atoms with Crippen molar-refractivity contribution in [2.75, 3.05) is 11.9 Å². The van der Waals surface area contributed by atoms with E-state index in [2.05, 4.69) is 48.6 Å². The summed E-state index contributed by atoms with van der Waals surface area (Å²) >= 11 is 0. The third-order valence-electron chi connectivity index (χ3n) is 4.22. The lowest BCUT2D eigenvalue weighted by Gasteiger charge is -2.19. The van der Waals surface area contributed by atoms with Gasteiger partial charge in [0.15, 0.2) is 0 Å². The van der Waals surface area contributed by atoms with Crippen LogP contribution < -0.4 is 5.32 Å². The summed E-state index contributed by atoms with van der Waals surface area (Å²) in [6.45, 7) is 3.07. The number of hydrogen-bond acceptors (Lipinski definition) is 3. The van der Waals surface area contributed by atoms with Crippen molar-refractivity contribution in [2.45, 2.75) is 19.8 Å². The maximum absolute atomic E-state index is 4.96. The normalized spacial score (nSPS) is 13.3. The van der Waals surface area contributed by atoms with Crippen LogP contribution in [0.5, 0.6) is 0 Å². The van der Waals surface area contributed by atoms with Crippen molar-refractivity contribution in [3.05, 3.63) is 65.9 Å². The van der Waals surface area contributed by atoms with Gasteiger partial charge in [-0.2, -0.15) is 0 Å². The minimum atomic E-state index is 0.937. The largest absolute Gasteiger partial charge is 0.369 e.